The number of carbonyl (C=O) groups excluding carboxylic acids is 3. The maximum atomic E-state index is 13.7. The Morgan fingerprint density at radius 1 is 1.13 bits per heavy atom. The summed E-state index contributed by atoms with van der Waals surface area (Å²) in [6.07, 6.45) is 4.94. The summed E-state index contributed by atoms with van der Waals surface area (Å²) in [7, 11) is 1.50. The van der Waals surface area contributed by atoms with Gasteiger partial charge in [0.2, 0.25) is 5.95 Å². The SMILES string of the molecule is COc1cnc(NC(=O)c2ccc(CN3C(=O)c4ccc(Cl)cc4CC(=O)[C@H]3Cc3ccccn3)s2)nc1. The van der Waals surface area contributed by atoms with Crippen molar-refractivity contribution in [1.82, 2.24) is 19.9 Å². The van der Waals surface area contributed by atoms with Gasteiger partial charge >= 0.3 is 0 Å². The van der Waals surface area contributed by atoms with Gasteiger partial charge in [-0.15, -0.1) is 11.3 Å². The average molecular weight is 548 g/mol. The monoisotopic (exact) mass is 547 g/mol. The molecule has 0 bridgehead atoms. The first-order valence-corrected chi connectivity index (χ1v) is 12.9. The van der Waals surface area contributed by atoms with Crippen LogP contribution in [0.25, 0.3) is 0 Å². The van der Waals surface area contributed by atoms with Crippen LogP contribution in [0.4, 0.5) is 5.95 Å². The van der Waals surface area contributed by atoms with Crippen LogP contribution >= 0.6 is 22.9 Å². The smallest absolute Gasteiger partial charge is 0.268 e. The molecule has 4 heterocycles. The number of anilines is 1. The summed E-state index contributed by atoms with van der Waals surface area (Å²) in [5.74, 6) is -0.132. The van der Waals surface area contributed by atoms with Crippen LogP contribution in [0.15, 0.2) is 67.1 Å². The van der Waals surface area contributed by atoms with Crippen LogP contribution in [0.2, 0.25) is 5.02 Å². The number of aromatic nitrogens is 3. The van der Waals surface area contributed by atoms with Crippen molar-refractivity contribution in [3.05, 3.63) is 98.7 Å². The van der Waals surface area contributed by atoms with Gasteiger partial charge in [0.1, 0.15) is 0 Å². The molecule has 1 aliphatic rings. The number of nitrogens with one attached hydrogen (secondary N) is 1. The van der Waals surface area contributed by atoms with Crippen LogP contribution in [0.5, 0.6) is 5.75 Å². The summed E-state index contributed by atoms with van der Waals surface area (Å²) >= 11 is 7.40. The highest BCUT2D eigenvalue weighted by Gasteiger charge is 2.36. The highest BCUT2D eigenvalue weighted by molar-refractivity contribution is 7.14. The molecule has 0 radical (unpaired) electrons. The third-order valence-corrected chi connectivity index (χ3v) is 7.40. The molecule has 0 aliphatic carbocycles. The number of amides is 2. The first-order chi connectivity index (χ1) is 18.4. The van der Waals surface area contributed by atoms with E-state index in [4.69, 9.17) is 16.3 Å². The number of ether oxygens (including phenoxy) is 1. The highest BCUT2D eigenvalue weighted by Crippen LogP contribution is 2.28. The lowest BCUT2D eigenvalue weighted by Gasteiger charge is -2.29. The van der Waals surface area contributed by atoms with Gasteiger partial charge in [-0.3, -0.25) is 24.7 Å². The molecule has 0 unspecified atom stereocenters. The fraction of sp³-hybridized carbons (Fsp3) is 0.185. The number of nitrogens with zero attached hydrogens (tertiary/aromatic N) is 4. The van der Waals surface area contributed by atoms with Crippen molar-refractivity contribution in [3.8, 4) is 5.75 Å². The summed E-state index contributed by atoms with van der Waals surface area (Å²) in [5.41, 5.74) is 1.75. The zero-order chi connectivity index (χ0) is 26.6. The third-order valence-electron chi connectivity index (χ3n) is 6.10. The van der Waals surface area contributed by atoms with Gasteiger partial charge in [-0.05, 0) is 48.0 Å². The molecule has 1 atom stereocenters. The molecule has 0 spiro atoms. The number of rotatable bonds is 7. The molecule has 38 heavy (non-hydrogen) atoms. The number of Topliss-reactive ketones (excluding diaryl/α,β-unsaturated/α-hetero) is 1. The van der Waals surface area contributed by atoms with E-state index in [1.807, 2.05) is 12.1 Å². The van der Waals surface area contributed by atoms with Crippen molar-refractivity contribution in [3.63, 3.8) is 0 Å². The molecule has 0 saturated heterocycles. The van der Waals surface area contributed by atoms with Gasteiger partial charge < -0.3 is 9.64 Å². The minimum absolute atomic E-state index is 0.0928. The van der Waals surface area contributed by atoms with E-state index in [0.717, 1.165) is 4.88 Å². The molecule has 11 heteroatoms. The normalized spacial score (nSPS) is 15.1. The predicted molar refractivity (Wildman–Crippen MR) is 143 cm³/mol. The van der Waals surface area contributed by atoms with Crippen LogP contribution < -0.4 is 10.1 Å². The fourth-order valence-electron chi connectivity index (χ4n) is 4.22. The molecular formula is C27H22ClN5O4S. The minimum Gasteiger partial charge on any atom is -0.494 e. The topological polar surface area (TPSA) is 114 Å². The molecule has 1 N–H and O–H groups in total. The second-order valence-corrected chi connectivity index (χ2v) is 10.2. The quantitative estimate of drug-likeness (QED) is 0.368. The van der Waals surface area contributed by atoms with Gasteiger partial charge in [-0.2, -0.15) is 0 Å². The van der Waals surface area contributed by atoms with Gasteiger partial charge in [0.15, 0.2) is 11.5 Å². The minimum atomic E-state index is -0.726. The number of fused-ring (bicyclic) bond motifs is 1. The Labute approximate surface area is 227 Å². The van der Waals surface area contributed by atoms with Crippen molar-refractivity contribution in [2.45, 2.75) is 25.4 Å². The molecule has 0 saturated carbocycles. The molecule has 0 fully saturated rings. The Hall–Kier alpha value is -4.15. The molecule has 4 aromatic rings. The number of carbonyl (C=O) groups is 3. The van der Waals surface area contributed by atoms with Crippen LogP contribution in [-0.2, 0) is 24.2 Å². The van der Waals surface area contributed by atoms with Gasteiger partial charge in [-0.1, -0.05) is 17.7 Å². The molecule has 2 amide bonds. The zero-order valence-corrected chi connectivity index (χ0v) is 21.8. The van der Waals surface area contributed by atoms with E-state index in [9.17, 15) is 14.4 Å². The number of hydrogen-bond acceptors (Lipinski definition) is 8. The summed E-state index contributed by atoms with van der Waals surface area (Å²) in [5, 5.41) is 3.12. The fourth-order valence-corrected chi connectivity index (χ4v) is 5.31. The first kappa shape index (κ1) is 25.5. The van der Waals surface area contributed by atoms with Gasteiger partial charge in [0.05, 0.1) is 37.0 Å². The van der Waals surface area contributed by atoms with Crippen molar-refractivity contribution in [1.29, 1.82) is 0 Å². The second-order valence-electron chi connectivity index (χ2n) is 8.59. The van der Waals surface area contributed by atoms with E-state index >= 15 is 0 Å². The summed E-state index contributed by atoms with van der Waals surface area (Å²) < 4.78 is 5.03. The Balaban J connectivity index is 1.41. The van der Waals surface area contributed by atoms with Gasteiger partial charge in [-0.25, -0.2) is 9.97 Å². The van der Waals surface area contributed by atoms with E-state index in [1.54, 1.807) is 47.5 Å². The Morgan fingerprint density at radius 2 is 1.95 bits per heavy atom. The largest absolute Gasteiger partial charge is 0.494 e. The van der Waals surface area contributed by atoms with Crippen LogP contribution in [0, 0.1) is 0 Å². The van der Waals surface area contributed by atoms with Crippen LogP contribution in [0.1, 0.15) is 36.2 Å². The van der Waals surface area contributed by atoms with Crippen molar-refractivity contribution in [2.75, 3.05) is 12.4 Å². The summed E-state index contributed by atoms with van der Waals surface area (Å²) in [6.45, 7) is 0.154. The highest BCUT2D eigenvalue weighted by atomic mass is 35.5. The lowest BCUT2D eigenvalue weighted by Crippen LogP contribution is -2.44. The lowest BCUT2D eigenvalue weighted by atomic mass is 9.99. The second kappa shape index (κ2) is 11.1. The third kappa shape index (κ3) is 5.56. The molecule has 5 rings (SSSR count). The van der Waals surface area contributed by atoms with E-state index < -0.39 is 6.04 Å². The number of thiophene rings is 1. The molecule has 1 aliphatic heterocycles. The van der Waals surface area contributed by atoms with Crippen molar-refractivity contribution in [2.24, 2.45) is 0 Å². The number of hydrogen-bond donors (Lipinski definition) is 1. The molecule has 9 nitrogen and oxygen atoms in total. The van der Waals surface area contributed by atoms with Crippen molar-refractivity contribution >= 4 is 46.5 Å². The van der Waals surface area contributed by atoms with Gasteiger partial charge in [0, 0.05) is 40.2 Å². The maximum absolute atomic E-state index is 13.7. The standard InChI is InChI=1S/C27H22ClN5O4S/c1-37-19-13-30-27(31-14-19)32-25(35)24-8-6-20(38-24)15-33-22(12-18-4-2-3-9-29-18)23(34)11-16-10-17(28)5-7-21(16)26(33)36/h2-10,13-14,22H,11-12,15H2,1H3,(H,30,31,32,35)/t22-/m1/s1. The lowest BCUT2D eigenvalue weighted by molar-refractivity contribution is -0.122. The van der Waals surface area contributed by atoms with E-state index in [0.29, 0.717) is 32.5 Å². The summed E-state index contributed by atoms with van der Waals surface area (Å²) in [6, 6.07) is 13.2. The van der Waals surface area contributed by atoms with E-state index in [1.165, 1.54) is 30.8 Å². The number of benzene rings is 1. The number of methoxy groups -OCH3 is 1. The molecule has 3 aromatic heterocycles. The zero-order valence-electron chi connectivity index (χ0n) is 20.3. The first-order valence-electron chi connectivity index (χ1n) is 11.7. The maximum Gasteiger partial charge on any atom is 0.268 e. The molecular weight excluding hydrogens is 526 g/mol. The molecule has 192 valence electrons. The number of pyridine rings is 1. The molecule has 1 aromatic carbocycles. The predicted octanol–water partition coefficient (Wildman–Crippen LogP) is 4.23. The Morgan fingerprint density at radius 3 is 2.68 bits per heavy atom. The van der Waals surface area contributed by atoms with Crippen LogP contribution in [0.3, 0.4) is 0 Å². The van der Waals surface area contributed by atoms with E-state index in [2.05, 4.69) is 20.3 Å². The number of ketones is 1. The summed E-state index contributed by atoms with van der Waals surface area (Å²) in [4.78, 5) is 55.2. The average Bonchev–Trinajstić information content (AvgIpc) is 3.37. The van der Waals surface area contributed by atoms with E-state index in [-0.39, 0.29) is 42.9 Å². The van der Waals surface area contributed by atoms with Gasteiger partial charge in [0.25, 0.3) is 11.8 Å². The Kier molecular flexibility index (Phi) is 7.43. The number of halogens is 1. The Bertz CT molecular complexity index is 1490. The van der Waals surface area contributed by atoms with Crippen LogP contribution in [-0.4, -0.2) is 50.6 Å². The van der Waals surface area contributed by atoms with Crippen molar-refractivity contribution < 1.29 is 19.1 Å².